The zero-order valence-electron chi connectivity index (χ0n) is 18.5. The monoisotopic (exact) mass is 490 g/mol. The molecule has 35 heavy (non-hydrogen) atoms. The molecule has 5 rings (SSSR count). The van der Waals surface area contributed by atoms with Gasteiger partial charge in [-0.25, -0.2) is 8.42 Å². The molecule has 0 spiro atoms. The fourth-order valence-electron chi connectivity index (χ4n) is 3.65. The van der Waals surface area contributed by atoms with Crippen molar-refractivity contribution in [1.29, 1.82) is 0 Å². The molecule has 0 atom stereocenters. The Labute approximate surface area is 202 Å². The van der Waals surface area contributed by atoms with Crippen LogP contribution in [0.4, 0.5) is 11.4 Å². The Morgan fingerprint density at radius 2 is 1.69 bits per heavy atom. The van der Waals surface area contributed by atoms with Crippen LogP contribution in [-0.2, 0) is 16.6 Å². The first-order valence-corrected chi connectivity index (χ1v) is 12.4. The van der Waals surface area contributed by atoms with E-state index in [4.69, 9.17) is 9.47 Å². The third kappa shape index (κ3) is 5.12. The molecule has 0 saturated heterocycles. The fourth-order valence-corrected chi connectivity index (χ4v) is 4.74. The average molecular weight is 491 g/mol. The number of hydrogen-bond acceptors (Lipinski definition) is 6. The van der Waals surface area contributed by atoms with E-state index < -0.39 is 15.9 Å². The van der Waals surface area contributed by atoms with E-state index in [0.717, 1.165) is 5.56 Å². The number of nitrogens with zero attached hydrogens (tertiary/aromatic N) is 2. The summed E-state index contributed by atoms with van der Waals surface area (Å²) in [5.74, 6) is 0.380. The van der Waals surface area contributed by atoms with Crippen LogP contribution in [0.2, 0.25) is 0 Å². The molecule has 2 heterocycles. The minimum Gasteiger partial charge on any atom is -0.486 e. The number of nitrogens with one attached hydrogen (secondary N) is 2. The number of anilines is 2. The number of carbonyl (C=O) groups is 1. The van der Waals surface area contributed by atoms with Crippen LogP contribution in [0.25, 0.3) is 0 Å². The van der Waals surface area contributed by atoms with Crippen molar-refractivity contribution in [2.45, 2.75) is 11.4 Å². The fraction of sp³-hybridized carbons (Fsp3) is 0.120. The Morgan fingerprint density at radius 3 is 2.51 bits per heavy atom. The van der Waals surface area contributed by atoms with Gasteiger partial charge in [0.25, 0.3) is 15.9 Å². The highest BCUT2D eigenvalue weighted by atomic mass is 32.2. The molecule has 1 aliphatic rings. The largest absolute Gasteiger partial charge is 0.486 e. The second-order valence-corrected chi connectivity index (χ2v) is 9.51. The van der Waals surface area contributed by atoms with Crippen LogP contribution in [0, 0.1) is 0 Å². The molecule has 9 nitrogen and oxygen atoms in total. The quantitative estimate of drug-likeness (QED) is 0.408. The summed E-state index contributed by atoms with van der Waals surface area (Å²) in [5, 5.41) is 7.06. The number of sulfonamides is 1. The summed E-state index contributed by atoms with van der Waals surface area (Å²) in [7, 11) is -3.99. The van der Waals surface area contributed by atoms with E-state index in [2.05, 4.69) is 15.1 Å². The van der Waals surface area contributed by atoms with Crippen molar-refractivity contribution in [2.75, 3.05) is 23.3 Å². The molecule has 10 heteroatoms. The number of amides is 1. The molecule has 0 bridgehead atoms. The molecule has 0 saturated carbocycles. The predicted octanol–water partition coefficient (Wildman–Crippen LogP) is 3.76. The van der Waals surface area contributed by atoms with Crippen LogP contribution in [0.15, 0.2) is 90.1 Å². The molecule has 2 N–H and O–H groups in total. The van der Waals surface area contributed by atoms with Crippen LogP contribution in [0.3, 0.4) is 0 Å². The summed E-state index contributed by atoms with van der Waals surface area (Å²) in [6.45, 7) is 1.31. The van der Waals surface area contributed by atoms with E-state index in [-0.39, 0.29) is 16.1 Å². The third-order valence-electron chi connectivity index (χ3n) is 5.32. The number of benzene rings is 3. The van der Waals surface area contributed by atoms with Gasteiger partial charge >= 0.3 is 0 Å². The number of ether oxygens (including phenoxy) is 2. The maximum atomic E-state index is 13.0. The first-order chi connectivity index (χ1) is 17.0. The molecule has 0 radical (unpaired) electrons. The first-order valence-electron chi connectivity index (χ1n) is 10.9. The van der Waals surface area contributed by atoms with Gasteiger partial charge in [-0.1, -0.05) is 42.5 Å². The van der Waals surface area contributed by atoms with Gasteiger partial charge in [0.05, 0.1) is 34.6 Å². The minimum absolute atomic E-state index is 0.000787. The van der Waals surface area contributed by atoms with Crippen LogP contribution >= 0.6 is 0 Å². The number of rotatable bonds is 7. The smallest absolute Gasteiger partial charge is 0.262 e. The van der Waals surface area contributed by atoms with Gasteiger partial charge in [-0.3, -0.25) is 14.2 Å². The predicted molar refractivity (Wildman–Crippen MR) is 130 cm³/mol. The summed E-state index contributed by atoms with van der Waals surface area (Å²) in [6, 6.07) is 20.6. The van der Waals surface area contributed by atoms with Crippen LogP contribution in [0.1, 0.15) is 15.9 Å². The molecule has 0 aliphatic carbocycles. The number of carbonyl (C=O) groups excluding carboxylic acids is 1. The Kier molecular flexibility index (Phi) is 6.11. The molecule has 1 aliphatic heterocycles. The van der Waals surface area contributed by atoms with Crippen LogP contribution in [-0.4, -0.2) is 37.3 Å². The Balaban J connectivity index is 1.32. The van der Waals surface area contributed by atoms with Gasteiger partial charge in [0.2, 0.25) is 0 Å². The van der Waals surface area contributed by atoms with Gasteiger partial charge in [-0.15, -0.1) is 0 Å². The van der Waals surface area contributed by atoms with Gasteiger partial charge in [0.15, 0.2) is 11.5 Å². The van der Waals surface area contributed by atoms with Crippen LogP contribution in [0.5, 0.6) is 11.5 Å². The van der Waals surface area contributed by atoms with Crippen molar-refractivity contribution in [3.05, 3.63) is 96.3 Å². The van der Waals surface area contributed by atoms with E-state index in [9.17, 15) is 13.2 Å². The van der Waals surface area contributed by atoms with Crippen molar-refractivity contribution >= 4 is 27.3 Å². The summed E-state index contributed by atoms with van der Waals surface area (Å²) in [6.07, 6.45) is 3.26. The number of para-hydroxylation sites is 1. The minimum atomic E-state index is -3.99. The summed E-state index contributed by atoms with van der Waals surface area (Å²) in [5.41, 5.74) is 1.89. The second-order valence-electron chi connectivity index (χ2n) is 7.82. The standard InChI is InChI=1S/C25H22N4O5S/c30-25(27-19-15-26-29(17-19)16-18-6-2-1-3-7-18)21-8-4-5-9-22(21)28-35(31,32)20-10-11-23-24(14-20)34-13-12-33-23/h1-11,14-15,17,28H,12-13,16H2,(H,27,30). The van der Waals surface area contributed by atoms with Crippen molar-refractivity contribution in [3.8, 4) is 11.5 Å². The van der Waals surface area contributed by atoms with Gasteiger partial charge in [-0.2, -0.15) is 5.10 Å². The lowest BCUT2D eigenvalue weighted by molar-refractivity contribution is 0.102. The van der Waals surface area contributed by atoms with Crippen molar-refractivity contribution in [3.63, 3.8) is 0 Å². The SMILES string of the molecule is O=C(Nc1cnn(Cc2ccccc2)c1)c1ccccc1NS(=O)(=O)c1ccc2c(c1)OCCO2. The molecule has 1 aromatic heterocycles. The number of hydrogen-bond donors (Lipinski definition) is 2. The average Bonchev–Trinajstić information content (AvgIpc) is 3.31. The third-order valence-corrected chi connectivity index (χ3v) is 6.68. The molecule has 3 aromatic carbocycles. The zero-order valence-corrected chi connectivity index (χ0v) is 19.4. The van der Waals surface area contributed by atoms with Crippen molar-refractivity contribution < 1.29 is 22.7 Å². The summed E-state index contributed by atoms with van der Waals surface area (Å²) in [4.78, 5) is 13.0. The lowest BCUT2D eigenvalue weighted by Crippen LogP contribution is -2.19. The summed E-state index contributed by atoms with van der Waals surface area (Å²) < 4.78 is 41.2. The number of aromatic nitrogens is 2. The zero-order chi connectivity index (χ0) is 24.3. The molecule has 4 aromatic rings. The van der Waals surface area contributed by atoms with Gasteiger partial charge < -0.3 is 14.8 Å². The highest BCUT2D eigenvalue weighted by Gasteiger charge is 2.22. The van der Waals surface area contributed by atoms with E-state index in [1.165, 1.54) is 18.2 Å². The molecular weight excluding hydrogens is 468 g/mol. The summed E-state index contributed by atoms with van der Waals surface area (Å²) >= 11 is 0. The Morgan fingerprint density at radius 1 is 0.943 bits per heavy atom. The lowest BCUT2D eigenvalue weighted by Gasteiger charge is -2.19. The first kappa shape index (κ1) is 22.5. The van der Waals surface area contributed by atoms with Crippen LogP contribution < -0.4 is 19.5 Å². The van der Waals surface area contributed by atoms with Crippen molar-refractivity contribution in [2.24, 2.45) is 0 Å². The molecule has 0 fully saturated rings. The second kappa shape index (κ2) is 9.51. The highest BCUT2D eigenvalue weighted by Crippen LogP contribution is 2.33. The Hall–Kier alpha value is -4.31. The van der Waals surface area contributed by atoms with Gasteiger partial charge in [0, 0.05) is 12.3 Å². The van der Waals surface area contributed by atoms with E-state index in [0.29, 0.717) is 36.9 Å². The molecule has 0 unspecified atom stereocenters. The van der Waals surface area contributed by atoms with Crippen molar-refractivity contribution in [1.82, 2.24) is 9.78 Å². The molecule has 1 amide bonds. The van der Waals surface area contributed by atoms with E-state index in [1.807, 2.05) is 30.3 Å². The van der Waals surface area contributed by atoms with Gasteiger partial charge in [-0.05, 0) is 29.8 Å². The maximum Gasteiger partial charge on any atom is 0.262 e. The normalized spacial score (nSPS) is 12.7. The topological polar surface area (TPSA) is 112 Å². The number of fused-ring (bicyclic) bond motifs is 1. The lowest BCUT2D eigenvalue weighted by atomic mass is 10.1. The van der Waals surface area contributed by atoms with Gasteiger partial charge in [0.1, 0.15) is 13.2 Å². The van der Waals surface area contributed by atoms with E-state index in [1.54, 1.807) is 41.3 Å². The Bertz CT molecular complexity index is 1470. The molecule has 178 valence electrons. The highest BCUT2D eigenvalue weighted by molar-refractivity contribution is 7.92. The molecular formula is C25H22N4O5S. The maximum absolute atomic E-state index is 13.0. The van der Waals surface area contributed by atoms with E-state index >= 15 is 0 Å².